The SMILES string of the molecule is COc1ccccc1NC(=O)c1cc(CN(C)C)cc(S(=O)(=O)N2CCCCC2)c1. The lowest BCUT2D eigenvalue weighted by Crippen LogP contribution is -2.35. The number of nitrogens with zero attached hydrogens (tertiary/aromatic N) is 2. The fourth-order valence-corrected chi connectivity index (χ4v) is 5.21. The molecule has 0 radical (unpaired) electrons. The molecule has 1 aliphatic rings. The van der Waals surface area contributed by atoms with E-state index < -0.39 is 10.0 Å². The predicted octanol–water partition coefficient (Wildman–Crippen LogP) is 3.18. The highest BCUT2D eigenvalue weighted by molar-refractivity contribution is 7.89. The van der Waals surface area contributed by atoms with Crippen molar-refractivity contribution in [3.63, 3.8) is 0 Å². The van der Waals surface area contributed by atoms with E-state index >= 15 is 0 Å². The molecule has 1 aliphatic heterocycles. The lowest BCUT2D eigenvalue weighted by Gasteiger charge is -2.26. The molecule has 1 fully saturated rings. The van der Waals surface area contributed by atoms with Gasteiger partial charge in [-0.2, -0.15) is 4.31 Å². The van der Waals surface area contributed by atoms with Gasteiger partial charge >= 0.3 is 0 Å². The maximum atomic E-state index is 13.2. The van der Waals surface area contributed by atoms with Gasteiger partial charge in [0.1, 0.15) is 5.75 Å². The molecule has 1 heterocycles. The van der Waals surface area contributed by atoms with Crippen LogP contribution >= 0.6 is 0 Å². The Bertz CT molecular complexity index is 999. The average molecular weight is 432 g/mol. The molecule has 0 unspecified atom stereocenters. The van der Waals surface area contributed by atoms with Crippen LogP contribution in [0.5, 0.6) is 5.75 Å². The standard InChI is InChI=1S/C22H29N3O4S/c1-24(2)16-17-13-18(22(26)23-20-9-5-6-10-21(20)29-3)15-19(14-17)30(27,28)25-11-7-4-8-12-25/h5-6,9-10,13-15H,4,7-8,11-12,16H2,1-3H3,(H,23,26). The van der Waals surface area contributed by atoms with Gasteiger partial charge in [0.2, 0.25) is 10.0 Å². The highest BCUT2D eigenvalue weighted by Gasteiger charge is 2.27. The van der Waals surface area contributed by atoms with E-state index in [1.807, 2.05) is 25.1 Å². The lowest BCUT2D eigenvalue weighted by atomic mass is 10.1. The number of anilines is 1. The number of nitrogens with one attached hydrogen (secondary N) is 1. The number of para-hydroxylation sites is 2. The van der Waals surface area contributed by atoms with Crippen LogP contribution in [-0.2, 0) is 16.6 Å². The van der Waals surface area contributed by atoms with Gasteiger partial charge in [-0.3, -0.25) is 4.79 Å². The molecular formula is C22H29N3O4S. The minimum Gasteiger partial charge on any atom is -0.495 e. The average Bonchev–Trinajstić information content (AvgIpc) is 2.74. The number of methoxy groups -OCH3 is 1. The Kier molecular flexibility index (Phi) is 7.12. The molecule has 2 aromatic carbocycles. The van der Waals surface area contributed by atoms with Crippen molar-refractivity contribution >= 4 is 21.6 Å². The van der Waals surface area contributed by atoms with Crippen LogP contribution in [0, 0.1) is 0 Å². The number of piperidine rings is 1. The number of amides is 1. The van der Waals surface area contributed by atoms with Gasteiger partial charge in [-0.15, -0.1) is 0 Å². The topological polar surface area (TPSA) is 79.0 Å². The first-order chi connectivity index (χ1) is 14.3. The van der Waals surface area contributed by atoms with Crippen LogP contribution < -0.4 is 10.1 Å². The molecule has 0 bridgehead atoms. The molecule has 3 rings (SSSR count). The van der Waals surface area contributed by atoms with E-state index in [-0.39, 0.29) is 10.8 Å². The molecule has 7 nitrogen and oxygen atoms in total. The van der Waals surface area contributed by atoms with Crippen molar-refractivity contribution < 1.29 is 17.9 Å². The second-order valence-corrected chi connectivity index (χ2v) is 9.66. The van der Waals surface area contributed by atoms with Gasteiger partial charge < -0.3 is 15.0 Å². The van der Waals surface area contributed by atoms with Crippen LogP contribution in [0.15, 0.2) is 47.4 Å². The van der Waals surface area contributed by atoms with E-state index in [0.29, 0.717) is 36.6 Å². The summed E-state index contributed by atoms with van der Waals surface area (Å²) in [5.41, 5.74) is 1.60. The van der Waals surface area contributed by atoms with Crippen LogP contribution in [0.1, 0.15) is 35.2 Å². The third-order valence-electron chi connectivity index (χ3n) is 5.04. The summed E-state index contributed by atoms with van der Waals surface area (Å²) in [5.74, 6) is 0.159. The summed E-state index contributed by atoms with van der Waals surface area (Å²) >= 11 is 0. The Morgan fingerprint density at radius 3 is 2.47 bits per heavy atom. The van der Waals surface area contributed by atoms with Gasteiger partial charge in [0.25, 0.3) is 5.91 Å². The number of benzene rings is 2. The van der Waals surface area contributed by atoms with Crippen molar-refractivity contribution in [2.45, 2.75) is 30.7 Å². The van der Waals surface area contributed by atoms with Crippen molar-refractivity contribution in [1.29, 1.82) is 0 Å². The number of carbonyl (C=O) groups excluding carboxylic acids is 1. The highest BCUT2D eigenvalue weighted by atomic mass is 32.2. The second-order valence-electron chi connectivity index (χ2n) is 7.72. The van der Waals surface area contributed by atoms with Crippen molar-refractivity contribution in [3.05, 3.63) is 53.6 Å². The minimum absolute atomic E-state index is 0.161. The Morgan fingerprint density at radius 1 is 1.10 bits per heavy atom. The normalized spacial score (nSPS) is 15.2. The summed E-state index contributed by atoms with van der Waals surface area (Å²) < 4.78 is 33.3. The summed E-state index contributed by atoms with van der Waals surface area (Å²) in [6.45, 7) is 1.56. The zero-order valence-corrected chi connectivity index (χ0v) is 18.5. The van der Waals surface area contributed by atoms with Gasteiger partial charge in [-0.1, -0.05) is 18.6 Å². The molecule has 0 spiro atoms. The summed E-state index contributed by atoms with van der Waals surface area (Å²) in [6.07, 6.45) is 2.76. The number of hydrogen-bond donors (Lipinski definition) is 1. The second kappa shape index (κ2) is 9.59. The zero-order valence-electron chi connectivity index (χ0n) is 17.7. The molecule has 1 saturated heterocycles. The first kappa shape index (κ1) is 22.3. The fourth-order valence-electron chi connectivity index (χ4n) is 3.59. The van der Waals surface area contributed by atoms with Gasteiger partial charge in [-0.05, 0) is 62.8 Å². The fraction of sp³-hybridized carbons (Fsp3) is 0.409. The smallest absolute Gasteiger partial charge is 0.255 e. The summed E-state index contributed by atoms with van der Waals surface area (Å²) in [6, 6.07) is 12.0. The van der Waals surface area contributed by atoms with Crippen LogP contribution in [-0.4, -0.2) is 57.8 Å². The predicted molar refractivity (Wildman–Crippen MR) is 117 cm³/mol. The van der Waals surface area contributed by atoms with E-state index in [4.69, 9.17) is 4.74 Å². The highest BCUT2D eigenvalue weighted by Crippen LogP contribution is 2.26. The third-order valence-corrected chi connectivity index (χ3v) is 6.91. The molecule has 0 saturated carbocycles. The number of ether oxygens (including phenoxy) is 1. The molecular weight excluding hydrogens is 402 g/mol. The van der Waals surface area contributed by atoms with Gasteiger partial charge in [0.05, 0.1) is 17.7 Å². The maximum Gasteiger partial charge on any atom is 0.255 e. The molecule has 162 valence electrons. The molecule has 0 aromatic heterocycles. The van der Waals surface area contributed by atoms with Crippen LogP contribution in [0.2, 0.25) is 0 Å². The largest absolute Gasteiger partial charge is 0.495 e. The number of sulfonamides is 1. The quantitative estimate of drug-likeness (QED) is 0.728. The molecule has 30 heavy (non-hydrogen) atoms. The monoisotopic (exact) mass is 431 g/mol. The molecule has 8 heteroatoms. The van der Waals surface area contributed by atoms with Gasteiger partial charge in [0.15, 0.2) is 0 Å². The number of carbonyl (C=O) groups is 1. The molecule has 1 amide bonds. The molecule has 2 aromatic rings. The first-order valence-electron chi connectivity index (χ1n) is 10.0. The maximum absolute atomic E-state index is 13.2. The Labute approximate surface area is 178 Å². The van der Waals surface area contributed by atoms with Crippen molar-refractivity contribution in [2.75, 3.05) is 39.6 Å². The molecule has 1 N–H and O–H groups in total. The van der Waals surface area contributed by atoms with Crippen molar-refractivity contribution in [1.82, 2.24) is 9.21 Å². The van der Waals surface area contributed by atoms with Crippen LogP contribution in [0.4, 0.5) is 5.69 Å². The Morgan fingerprint density at radius 2 is 1.80 bits per heavy atom. The van der Waals surface area contributed by atoms with Crippen molar-refractivity contribution in [2.24, 2.45) is 0 Å². The number of hydrogen-bond acceptors (Lipinski definition) is 5. The van der Waals surface area contributed by atoms with E-state index in [2.05, 4.69) is 5.32 Å². The van der Waals surface area contributed by atoms with Crippen LogP contribution in [0.3, 0.4) is 0 Å². The van der Waals surface area contributed by atoms with Gasteiger partial charge in [-0.25, -0.2) is 8.42 Å². The summed E-state index contributed by atoms with van der Waals surface area (Å²) in [5, 5.41) is 2.83. The van der Waals surface area contributed by atoms with E-state index in [1.54, 1.807) is 30.3 Å². The summed E-state index contributed by atoms with van der Waals surface area (Å²) in [4.78, 5) is 15.1. The zero-order chi connectivity index (χ0) is 21.7. The molecule has 0 atom stereocenters. The Hall–Kier alpha value is -2.42. The first-order valence-corrected chi connectivity index (χ1v) is 11.5. The van der Waals surface area contributed by atoms with Gasteiger partial charge in [0, 0.05) is 25.2 Å². The van der Waals surface area contributed by atoms with Crippen molar-refractivity contribution in [3.8, 4) is 5.75 Å². The minimum atomic E-state index is -3.65. The molecule has 0 aliphatic carbocycles. The third kappa shape index (κ3) is 5.19. The number of rotatable bonds is 7. The van der Waals surface area contributed by atoms with E-state index in [1.165, 1.54) is 17.5 Å². The summed E-state index contributed by atoms with van der Waals surface area (Å²) in [7, 11) is 1.69. The Balaban J connectivity index is 1.97. The van der Waals surface area contributed by atoms with Crippen LogP contribution in [0.25, 0.3) is 0 Å². The van der Waals surface area contributed by atoms with E-state index in [0.717, 1.165) is 24.8 Å². The van der Waals surface area contributed by atoms with E-state index in [9.17, 15) is 13.2 Å². The lowest BCUT2D eigenvalue weighted by molar-refractivity contribution is 0.102.